The van der Waals surface area contributed by atoms with Gasteiger partial charge in [0.05, 0.1) is 39.4 Å². The SMILES string of the molecule is CC(=O)NC1C(OC2C(CO)OC(O)C(NC(C)=O)C2OC(C)C(=O)NC(C)C(=O)NC(CCC(=O)NC(CCCCNC(=O)CN)C(=O)NC(C)C(=O)NCC(=O)NCC(=O)NCC(=O)NCC(=O)O)C(N)=O)OC(CO)C(O)C1O. The van der Waals surface area contributed by atoms with Crippen LogP contribution in [0.3, 0.4) is 0 Å². The van der Waals surface area contributed by atoms with Crippen molar-refractivity contribution in [2.45, 2.75) is 158 Å². The number of unbranched alkanes of at least 4 members (excludes halogenated alkanes) is 1. The van der Waals surface area contributed by atoms with Gasteiger partial charge in [0, 0.05) is 26.8 Å². The molecule has 2 rings (SSSR count). The molecule has 36 heteroatoms. The second-order valence-electron chi connectivity index (χ2n) is 18.8. The lowest BCUT2D eigenvalue weighted by atomic mass is 9.94. The maximum Gasteiger partial charge on any atom is 0.322 e. The third kappa shape index (κ3) is 24.4. The molecule has 0 radical (unpaired) electrons. The Balaban J connectivity index is 2.13. The van der Waals surface area contributed by atoms with Crippen LogP contribution >= 0.6 is 0 Å². The van der Waals surface area contributed by atoms with Crippen LogP contribution < -0.4 is 70.0 Å². The molecule has 12 amide bonds. The van der Waals surface area contributed by atoms with Gasteiger partial charge in [0.25, 0.3) is 0 Å². The molecule has 15 atom stereocenters. The molecule has 21 N–H and O–H groups in total. The Morgan fingerprint density at radius 2 is 1.11 bits per heavy atom. The van der Waals surface area contributed by atoms with Gasteiger partial charge < -0.3 is 120 Å². The number of carboxylic acids is 1. The van der Waals surface area contributed by atoms with Crippen molar-refractivity contribution in [3.8, 4) is 0 Å². The summed E-state index contributed by atoms with van der Waals surface area (Å²) in [5, 5.41) is 86.5. The molecule has 0 aromatic rings. The van der Waals surface area contributed by atoms with Crippen molar-refractivity contribution in [2.75, 3.05) is 52.5 Å². The van der Waals surface area contributed by atoms with Gasteiger partial charge in [-0.3, -0.25) is 62.3 Å². The molecular formula is C46H77N13O23. The second kappa shape index (κ2) is 35.5. The third-order valence-corrected chi connectivity index (χ3v) is 12.1. The molecule has 0 saturated carbocycles. The number of hydrogen-bond acceptors (Lipinski definition) is 23. The summed E-state index contributed by atoms with van der Waals surface area (Å²) >= 11 is 0. The lowest BCUT2D eigenvalue weighted by Crippen LogP contribution is -2.70. The number of aliphatic carboxylic acids is 1. The van der Waals surface area contributed by atoms with Crippen molar-refractivity contribution < 1.29 is 112 Å². The van der Waals surface area contributed by atoms with Gasteiger partial charge in [0.1, 0.15) is 85.5 Å². The number of hydrogen-bond donors (Lipinski definition) is 19. The van der Waals surface area contributed by atoms with Crippen LogP contribution in [-0.2, 0) is 81.3 Å². The molecule has 82 heavy (non-hydrogen) atoms. The molecule has 2 saturated heterocycles. The van der Waals surface area contributed by atoms with E-state index in [0.717, 1.165) is 13.8 Å². The third-order valence-electron chi connectivity index (χ3n) is 12.1. The summed E-state index contributed by atoms with van der Waals surface area (Å²) in [4.78, 5) is 162. The standard InChI is InChI=1S/C46H77N13O23/c1-19(41(74)53-15-32(68)51-13-30(66)50-14-31(67)52-16-33(69)70)55-44(77)25(8-6-7-11-49-29(65)12-47)58-28(64)10-9-24(40(48)73)59-42(75)20(2)54-43(76)21(3)79-39-35(57-23(5)63)45(78)80-27(18-61)38(39)82-46-34(56-22(4)62)37(72)36(71)26(17-60)81-46/h19-21,24-27,34-39,45-46,60-61,71-72,78H,6-18,47H2,1-5H3,(H2,48,73)(H,49,65)(H,50,66)(H,51,68)(H,52,67)(H,53,74)(H,54,76)(H,55,77)(H,56,62)(H,57,63)(H,58,64)(H,59,75)(H,69,70). The number of aliphatic hydroxyl groups excluding tert-OH is 5. The molecule has 0 spiro atoms. The van der Waals surface area contributed by atoms with Crippen LogP contribution in [0.25, 0.3) is 0 Å². The molecule has 2 aliphatic rings. The van der Waals surface area contributed by atoms with E-state index < -0.39 is 221 Å². The van der Waals surface area contributed by atoms with Crippen molar-refractivity contribution in [3.05, 3.63) is 0 Å². The van der Waals surface area contributed by atoms with Crippen molar-refractivity contribution >= 4 is 76.9 Å². The number of ether oxygens (including phenoxy) is 4. The Kier molecular flexibility index (Phi) is 30.7. The lowest BCUT2D eigenvalue weighted by molar-refractivity contribution is -0.333. The first-order chi connectivity index (χ1) is 38.5. The van der Waals surface area contributed by atoms with Crippen LogP contribution in [0.15, 0.2) is 0 Å². The van der Waals surface area contributed by atoms with Crippen LogP contribution in [0.1, 0.15) is 66.7 Å². The highest BCUT2D eigenvalue weighted by Crippen LogP contribution is 2.31. The van der Waals surface area contributed by atoms with E-state index in [4.69, 9.17) is 35.5 Å². The van der Waals surface area contributed by atoms with E-state index in [2.05, 4.69) is 53.2 Å². The molecule has 0 bridgehead atoms. The summed E-state index contributed by atoms with van der Waals surface area (Å²) in [6.07, 6.45) is -15.6. The fraction of sp³-hybridized carbons (Fsp3) is 0.717. The van der Waals surface area contributed by atoms with Crippen LogP contribution in [-0.4, -0.2) is 252 Å². The van der Waals surface area contributed by atoms with Gasteiger partial charge >= 0.3 is 5.97 Å². The van der Waals surface area contributed by atoms with Crippen molar-refractivity contribution in [2.24, 2.45) is 11.5 Å². The number of primary amides is 1. The van der Waals surface area contributed by atoms with E-state index in [1.54, 1.807) is 0 Å². The zero-order chi connectivity index (χ0) is 62.0. The Morgan fingerprint density at radius 1 is 0.561 bits per heavy atom. The Morgan fingerprint density at radius 3 is 1.66 bits per heavy atom. The molecule has 36 nitrogen and oxygen atoms in total. The van der Waals surface area contributed by atoms with Crippen molar-refractivity contribution in [1.29, 1.82) is 0 Å². The predicted molar refractivity (Wildman–Crippen MR) is 273 cm³/mol. The van der Waals surface area contributed by atoms with Gasteiger partial charge in [0.2, 0.25) is 70.9 Å². The predicted octanol–water partition coefficient (Wildman–Crippen LogP) is -11.7. The summed E-state index contributed by atoms with van der Waals surface area (Å²) in [5.74, 6) is -11.4. The fourth-order valence-corrected chi connectivity index (χ4v) is 7.80. The minimum Gasteiger partial charge on any atom is -0.480 e. The first kappa shape index (κ1) is 70.8. The van der Waals surface area contributed by atoms with Crippen LogP contribution in [0.2, 0.25) is 0 Å². The maximum atomic E-state index is 13.6. The summed E-state index contributed by atoms with van der Waals surface area (Å²) in [6, 6.07) is -8.77. The number of carbonyl (C=O) groups is 13. The summed E-state index contributed by atoms with van der Waals surface area (Å²) in [7, 11) is 0. The number of rotatable bonds is 34. The number of carboxylic acid groups (broad SMARTS) is 1. The van der Waals surface area contributed by atoms with E-state index in [1.807, 2.05) is 5.32 Å². The number of carbonyl (C=O) groups excluding carboxylic acids is 12. The minimum atomic E-state index is -1.92. The van der Waals surface area contributed by atoms with Crippen LogP contribution in [0.4, 0.5) is 0 Å². The maximum absolute atomic E-state index is 13.6. The summed E-state index contributed by atoms with van der Waals surface area (Å²) in [6.45, 7) is 1.36. The highest BCUT2D eigenvalue weighted by atomic mass is 16.7. The van der Waals surface area contributed by atoms with E-state index in [9.17, 15) is 87.9 Å². The normalized spacial score (nSPS) is 23.9. The first-order valence-corrected chi connectivity index (χ1v) is 25.7. The highest BCUT2D eigenvalue weighted by Gasteiger charge is 2.53. The summed E-state index contributed by atoms with van der Waals surface area (Å²) in [5.41, 5.74) is 10.9. The Labute approximate surface area is 468 Å². The molecule has 464 valence electrons. The van der Waals surface area contributed by atoms with E-state index in [1.165, 1.54) is 20.8 Å². The molecule has 0 aromatic heterocycles. The van der Waals surface area contributed by atoms with Crippen LogP contribution in [0, 0.1) is 0 Å². The highest BCUT2D eigenvalue weighted by molar-refractivity contribution is 5.95. The monoisotopic (exact) mass is 1180 g/mol. The zero-order valence-corrected chi connectivity index (χ0v) is 45.6. The molecule has 0 aromatic carbocycles. The zero-order valence-electron chi connectivity index (χ0n) is 45.6. The fourth-order valence-electron chi connectivity index (χ4n) is 7.80. The second-order valence-corrected chi connectivity index (χ2v) is 18.8. The molecule has 2 fully saturated rings. The Hall–Kier alpha value is -7.29. The largest absolute Gasteiger partial charge is 0.480 e. The number of amides is 12. The van der Waals surface area contributed by atoms with E-state index >= 15 is 0 Å². The molecule has 2 aliphatic heterocycles. The van der Waals surface area contributed by atoms with E-state index in [-0.39, 0.29) is 25.9 Å². The van der Waals surface area contributed by atoms with Gasteiger partial charge in [0.15, 0.2) is 12.6 Å². The van der Waals surface area contributed by atoms with Gasteiger partial charge in [-0.2, -0.15) is 0 Å². The van der Waals surface area contributed by atoms with Gasteiger partial charge in [-0.1, -0.05) is 0 Å². The average Bonchev–Trinajstić information content (AvgIpc) is 3.21. The lowest BCUT2D eigenvalue weighted by Gasteiger charge is -2.48. The molecule has 15 unspecified atom stereocenters. The van der Waals surface area contributed by atoms with E-state index in [0.29, 0.717) is 6.42 Å². The quantitative estimate of drug-likeness (QED) is 0.0266. The number of nitrogens with two attached hydrogens (primary N) is 2. The Bertz CT molecular complexity index is 2250. The van der Waals surface area contributed by atoms with Crippen molar-refractivity contribution in [1.82, 2.24) is 58.5 Å². The topological polar surface area (TPSA) is 565 Å². The van der Waals surface area contributed by atoms with Crippen molar-refractivity contribution in [3.63, 3.8) is 0 Å². The molecule has 0 aliphatic carbocycles. The van der Waals surface area contributed by atoms with Gasteiger partial charge in [-0.25, -0.2) is 0 Å². The van der Waals surface area contributed by atoms with Gasteiger partial charge in [-0.05, 0) is 46.5 Å². The van der Waals surface area contributed by atoms with Crippen LogP contribution in [0.5, 0.6) is 0 Å². The van der Waals surface area contributed by atoms with Gasteiger partial charge in [-0.15, -0.1) is 0 Å². The molecular weight excluding hydrogens is 1100 g/mol. The summed E-state index contributed by atoms with van der Waals surface area (Å²) < 4.78 is 23.2. The smallest absolute Gasteiger partial charge is 0.322 e. The molecule has 2 heterocycles. The first-order valence-electron chi connectivity index (χ1n) is 25.7. The number of nitrogens with one attached hydrogen (secondary N) is 11. The average molecular weight is 1180 g/mol. The minimum absolute atomic E-state index is 0.0572. The number of aliphatic hydroxyl groups is 5.